The van der Waals surface area contributed by atoms with Crippen LogP contribution in [0.5, 0.6) is 0 Å². The second kappa shape index (κ2) is 7.22. The number of nitrogens with zero attached hydrogens (tertiary/aromatic N) is 3. The van der Waals surface area contributed by atoms with Crippen molar-refractivity contribution in [2.75, 3.05) is 17.3 Å². The minimum Gasteiger partial charge on any atom is -0.364 e. The van der Waals surface area contributed by atoms with E-state index in [1.165, 1.54) is 0 Å². The maximum atomic E-state index is 9.33. The normalized spacial score (nSPS) is 11.9. The second-order valence-electron chi connectivity index (χ2n) is 4.17. The molecular formula is C13H20N4S. The highest BCUT2D eigenvalue weighted by atomic mass is 32.2. The molecule has 1 aromatic heterocycles. The van der Waals surface area contributed by atoms with Crippen LogP contribution < -0.4 is 5.32 Å². The molecule has 0 fully saturated rings. The van der Waals surface area contributed by atoms with Crippen LogP contribution >= 0.6 is 11.8 Å². The molecule has 4 nitrogen and oxygen atoms in total. The number of thioether (sulfide) groups is 1. The van der Waals surface area contributed by atoms with Gasteiger partial charge in [0.15, 0.2) is 5.82 Å². The van der Waals surface area contributed by atoms with Crippen molar-refractivity contribution in [1.29, 1.82) is 5.26 Å². The van der Waals surface area contributed by atoms with Crippen LogP contribution in [0.4, 0.5) is 5.82 Å². The quantitative estimate of drug-likeness (QED) is 0.856. The Hall–Kier alpha value is -1.28. The molecule has 0 aromatic carbocycles. The molecule has 1 aromatic rings. The van der Waals surface area contributed by atoms with Gasteiger partial charge < -0.3 is 5.32 Å². The summed E-state index contributed by atoms with van der Waals surface area (Å²) < 4.78 is 0. The molecule has 1 heterocycles. The number of hydrogen-bond donors (Lipinski definition) is 1. The minimum absolute atomic E-state index is 0.276. The van der Waals surface area contributed by atoms with Crippen molar-refractivity contribution in [2.24, 2.45) is 0 Å². The Bertz CT molecular complexity index is 439. The lowest BCUT2D eigenvalue weighted by molar-refractivity contribution is 0.841. The zero-order valence-corrected chi connectivity index (χ0v) is 12.3. The molecule has 0 saturated heterocycles. The van der Waals surface area contributed by atoms with Crippen molar-refractivity contribution in [3.8, 4) is 6.07 Å². The van der Waals surface area contributed by atoms with E-state index in [1.807, 2.05) is 13.8 Å². The van der Waals surface area contributed by atoms with Gasteiger partial charge in [-0.1, -0.05) is 13.8 Å². The standard InChI is InChI=1S/C13H20N4S/c1-5-10-11(7-14)13(15-9(3)8-18-4)17-16-12(10)6-2/h9H,5-6,8H2,1-4H3,(H,15,17). The van der Waals surface area contributed by atoms with E-state index in [1.54, 1.807) is 11.8 Å². The van der Waals surface area contributed by atoms with Gasteiger partial charge >= 0.3 is 0 Å². The number of rotatable bonds is 6. The van der Waals surface area contributed by atoms with Gasteiger partial charge in [0.2, 0.25) is 0 Å². The van der Waals surface area contributed by atoms with Crippen molar-refractivity contribution >= 4 is 17.6 Å². The molecule has 0 aliphatic carbocycles. The van der Waals surface area contributed by atoms with Crippen LogP contribution in [0.3, 0.4) is 0 Å². The fourth-order valence-electron chi connectivity index (χ4n) is 1.92. The van der Waals surface area contributed by atoms with E-state index >= 15 is 0 Å². The van der Waals surface area contributed by atoms with Crippen LogP contribution in [0, 0.1) is 11.3 Å². The monoisotopic (exact) mass is 264 g/mol. The van der Waals surface area contributed by atoms with Gasteiger partial charge in [-0.2, -0.15) is 22.1 Å². The Labute approximate surface area is 113 Å². The van der Waals surface area contributed by atoms with E-state index in [0.29, 0.717) is 11.4 Å². The second-order valence-corrected chi connectivity index (χ2v) is 5.08. The minimum atomic E-state index is 0.276. The van der Waals surface area contributed by atoms with Crippen LogP contribution in [0.25, 0.3) is 0 Å². The summed E-state index contributed by atoms with van der Waals surface area (Å²) in [6.07, 6.45) is 3.69. The Kier molecular flexibility index (Phi) is 5.93. The molecule has 0 radical (unpaired) electrons. The number of nitriles is 1. The van der Waals surface area contributed by atoms with E-state index in [0.717, 1.165) is 29.9 Å². The summed E-state index contributed by atoms with van der Waals surface area (Å²) >= 11 is 1.77. The van der Waals surface area contributed by atoms with Crippen molar-refractivity contribution in [1.82, 2.24) is 10.2 Å². The van der Waals surface area contributed by atoms with Crippen molar-refractivity contribution in [3.05, 3.63) is 16.8 Å². The molecule has 5 heteroatoms. The number of aromatic nitrogens is 2. The first-order valence-electron chi connectivity index (χ1n) is 6.21. The number of anilines is 1. The third kappa shape index (κ3) is 3.36. The number of aryl methyl sites for hydroxylation is 1. The summed E-state index contributed by atoms with van der Waals surface area (Å²) in [6, 6.07) is 2.54. The molecule has 0 spiro atoms. The Morgan fingerprint density at radius 2 is 2.06 bits per heavy atom. The summed E-state index contributed by atoms with van der Waals surface area (Å²) in [6.45, 7) is 6.17. The predicted molar refractivity (Wildman–Crippen MR) is 77.0 cm³/mol. The summed E-state index contributed by atoms with van der Waals surface area (Å²) in [5.74, 6) is 1.59. The van der Waals surface area contributed by atoms with Crippen LogP contribution in [0.2, 0.25) is 0 Å². The fraction of sp³-hybridized carbons (Fsp3) is 0.615. The average molecular weight is 264 g/mol. The van der Waals surface area contributed by atoms with Gasteiger partial charge in [-0.05, 0) is 31.6 Å². The molecule has 1 rings (SSSR count). The molecule has 0 bridgehead atoms. The molecule has 1 unspecified atom stereocenters. The lowest BCUT2D eigenvalue weighted by Gasteiger charge is -2.16. The fourth-order valence-corrected chi connectivity index (χ4v) is 2.50. The van der Waals surface area contributed by atoms with E-state index in [2.05, 4.69) is 34.8 Å². The molecule has 1 N–H and O–H groups in total. The molecular weight excluding hydrogens is 244 g/mol. The highest BCUT2D eigenvalue weighted by Gasteiger charge is 2.15. The van der Waals surface area contributed by atoms with Crippen LogP contribution in [-0.2, 0) is 12.8 Å². The third-order valence-electron chi connectivity index (χ3n) is 2.76. The van der Waals surface area contributed by atoms with Crippen molar-refractivity contribution in [3.63, 3.8) is 0 Å². The van der Waals surface area contributed by atoms with Crippen LogP contribution in [0.1, 0.15) is 37.6 Å². The van der Waals surface area contributed by atoms with Gasteiger partial charge in [-0.3, -0.25) is 0 Å². The van der Waals surface area contributed by atoms with Crippen LogP contribution in [0.15, 0.2) is 0 Å². The maximum absolute atomic E-state index is 9.33. The zero-order valence-electron chi connectivity index (χ0n) is 11.4. The first kappa shape index (κ1) is 14.8. The summed E-state index contributed by atoms with van der Waals surface area (Å²) in [7, 11) is 0. The first-order valence-corrected chi connectivity index (χ1v) is 7.61. The van der Waals surface area contributed by atoms with E-state index in [9.17, 15) is 5.26 Å². The summed E-state index contributed by atoms with van der Waals surface area (Å²) in [5, 5.41) is 21.0. The first-order chi connectivity index (χ1) is 8.67. The third-order valence-corrected chi connectivity index (χ3v) is 3.59. The highest BCUT2D eigenvalue weighted by molar-refractivity contribution is 7.98. The Morgan fingerprint density at radius 1 is 1.33 bits per heavy atom. The SMILES string of the molecule is CCc1nnc(NC(C)CSC)c(C#N)c1CC. The lowest BCUT2D eigenvalue weighted by atomic mass is 10.0. The molecule has 18 heavy (non-hydrogen) atoms. The van der Waals surface area contributed by atoms with Gasteiger partial charge in [-0.15, -0.1) is 5.10 Å². The summed E-state index contributed by atoms with van der Waals surface area (Å²) in [5.41, 5.74) is 2.60. The average Bonchev–Trinajstić information content (AvgIpc) is 2.38. The number of hydrogen-bond acceptors (Lipinski definition) is 5. The van der Waals surface area contributed by atoms with Crippen molar-refractivity contribution in [2.45, 2.75) is 39.7 Å². The van der Waals surface area contributed by atoms with Crippen molar-refractivity contribution < 1.29 is 0 Å². The molecule has 0 amide bonds. The molecule has 98 valence electrons. The predicted octanol–water partition coefficient (Wildman–Crippen LogP) is 2.64. The van der Waals surface area contributed by atoms with Gasteiger partial charge in [0, 0.05) is 11.8 Å². The van der Waals surface area contributed by atoms with Gasteiger partial charge in [0.1, 0.15) is 11.6 Å². The topological polar surface area (TPSA) is 61.6 Å². The highest BCUT2D eigenvalue weighted by Crippen LogP contribution is 2.20. The zero-order chi connectivity index (χ0) is 13.5. The molecule has 1 atom stereocenters. The van der Waals surface area contributed by atoms with Gasteiger partial charge in [-0.25, -0.2) is 0 Å². The van der Waals surface area contributed by atoms with E-state index in [4.69, 9.17) is 0 Å². The largest absolute Gasteiger partial charge is 0.364 e. The molecule has 0 aliphatic rings. The van der Waals surface area contributed by atoms with Gasteiger partial charge in [0.25, 0.3) is 0 Å². The molecule has 0 saturated carbocycles. The summed E-state index contributed by atoms with van der Waals surface area (Å²) in [4.78, 5) is 0. The van der Waals surface area contributed by atoms with Gasteiger partial charge in [0.05, 0.1) is 5.69 Å². The molecule has 0 aliphatic heterocycles. The number of nitrogens with one attached hydrogen (secondary N) is 1. The smallest absolute Gasteiger partial charge is 0.167 e. The Balaban J connectivity index is 3.10. The van der Waals surface area contributed by atoms with Crippen LogP contribution in [-0.4, -0.2) is 28.2 Å². The lowest BCUT2D eigenvalue weighted by Crippen LogP contribution is -2.21. The Morgan fingerprint density at radius 3 is 2.56 bits per heavy atom. The van der Waals surface area contributed by atoms with E-state index < -0.39 is 0 Å². The maximum Gasteiger partial charge on any atom is 0.167 e. The van der Waals surface area contributed by atoms with E-state index in [-0.39, 0.29) is 6.04 Å².